The van der Waals surface area contributed by atoms with Gasteiger partial charge in [0, 0.05) is 11.0 Å². The Labute approximate surface area is 151 Å². The second-order valence-corrected chi connectivity index (χ2v) is 8.02. The Kier molecular flexibility index (Phi) is 4.40. The van der Waals surface area contributed by atoms with Gasteiger partial charge in [-0.15, -0.1) is 0 Å². The highest BCUT2D eigenvalue weighted by molar-refractivity contribution is 5.57. The van der Waals surface area contributed by atoms with Gasteiger partial charge < -0.3 is 9.84 Å². The van der Waals surface area contributed by atoms with Gasteiger partial charge in [-0.2, -0.15) is 0 Å². The van der Waals surface area contributed by atoms with Gasteiger partial charge in [0.15, 0.2) is 0 Å². The average Bonchev–Trinajstić information content (AvgIpc) is 2.74. The Balaban J connectivity index is 2.12. The third kappa shape index (κ3) is 3.06. The molecule has 0 saturated carbocycles. The number of fused-ring (bicyclic) bond motifs is 1. The molecule has 0 heterocycles. The molecule has 132 valence electrons. The molecule has 0 radical (unpaired) electrons. The van der Waals surface area contributed by atoms with Crippen LogP contribution in [0.25, 0.3) is 0 Å². The maximum atomic E-state index is 10.6. The summed E-state index contributed by atoms with van der Waals surface area (Å²) in [6.45, 7) is 10.9. The molecular formula is C23H28O2. The number of allylic oxidation sites excluding steroid dienone is 1. The van der Waals surface area contributed by atoms with Gasteiger partial charge in [-0.3, -0.25) is 0 Å². The highest BCUT2D eigenvalue weighted by atomic mass is 16.5. The van der Waals surface area contributed by atoms with E-state index in [0.29, 0.717) is 5.75 Å². The fourth-order valence-electron chi connectivity index (χ4n) is 4.29. The predicted molar refractivity (Wildman–Crippen MR) is 103 cm³/mol. The fraction of sp³-hybridized carbons (Fsp3) is 0.391. The van der Waals surface area contributed by atoms with Gasteiger partial charge in [0.25, 0.3) is 0 Å². The highest BCUT2D eigenvalue weighted by Gasteiger charge is 2.46. The molecule has 0 fully saturated rings. The summed E-state index contributed by atoms with van der Waals surface area (Å²) in [4.78, 5) is 0. The van der Waals surface area contributed by atoms with E-state index in [1.165, 1.54) is 11.1 Å². The highest BCUT2D eigenvalue weighted by Crippen LogP contribution is 2.55. The van der Waals surface area contributed by atoms with Gasteiger partial charge in [-0.05, 0) is 66.1 Å². The normalized spacial score (nSPS) is 21.5. The average molecular weight is 336 g/mol. The van der Waals surface area contributed by atoms with Crippen LogP contribution in [0, 0.1) is 6.92 Å². The molecule has 0 aliphatic heterocycles. The van der Waals surface area contributed by atoms with Gasteiger partial charge >= 0.3 is 0 Å². The number of hydrogen-bond acceptors (Lipinski definition) is 2. The third-order valence-corrected chi connectivity index (χ3v) is 5.39. The number of aromatic hydroxyl groups is 1. The number of rotatable bonds is 4. The van der Waals surface area contributed by atoms with E-state index >= 15 is 0 Å². The van der Waals surface area contributed by atoms with Crippen molar-refractivity contribution >= 4 is 0 Å². The smallest absolute Gasteiger partial charge is 0.126 e. The van der Waals surface area contributed by atoms with Crippen molar-refractivity contribution in [1.82, 2.24) is 0 Å². The van der Waals surface area contributed by atoms with Crippen molar-refractivity contribution in [1.29, 1.82) is 0 Å². The van der Waals surface area contributed by atoms with E-state index < -0.39 is 0 Å². The minimum atomic E-state index is -0.232. The number of hydrogen-bond donors (Lipinski definition) is 1. The number of phenols is 1. The van der Waals surface area contributed by atoms with E-state index in [9.17, 15) is 5.11 Å². The van der Waals surface area contributed by atoms with Crippen LogP contribution in [-0.2, 0) is 10.8 Å². The Morgan fingerprint density at radius 3 is 2.44 bits per heavy atom. The van der Waals surface area contributed by atoms with Gasteiger partial charge in [-0.25, -0.2) is 0 Å². The molecule has 1 aliphatic carbocycles. The molecule has 0 saturated heterocycles. The standard InChI is InChI=1S/C23H28O2/c1-6-7-12-25-17-9-11-18-20(14-17)23(5,15-22(18,3)4)19-10-8-16(2)13-21(19)24/h7-14,24H,6,15H2,1-5H3/b12-7+. The number of phenolic OH excluding ortho intramolecular Hbond substituents is 1. The number of aryl methyl sites for hydroxylation is 1. The topological polar surface area (TPSA) is 29.5 Å². The van der Waals surface area contributed by atoms with Crippen molar-refractivity contribution < 1.29 is 9.84 Å². The van der Waals surface area contributed by atoms with Crippen molar-refractivity contribution in [2.24, 2.45) is 0 Å². The van der Waals surface area contributed by atoms with Crippen molar-refractivity contribution in [3.05, 3.63) is 71.0 Å². The predicted octanol–water partition coefficient (Wildman–Crippen LogP) is 5.99. The van der Waals surface area contributed by atoms with Crippen LogP contribution >= 0.6 is 0 Å². The van der Waals surface area contributed by atoms with Crippen LogP contribution in [0.15, 0.2) is 48.7 Å². The molecule has 1 N–H and O–H groups in total. The van der Waals surface area contributed by atoms with Crippen molar-refractivity contribution in [3.8, 4) is 11.5 Å². The summed E-state index contributed by atoms with van der Waals surface area (Å²) in [5, 5.41) is 10.6. The minimum Gasteiger partial charge on any atom is -0.508 e. The summed E-state index contributed by atoms with van der Waals surface area (Å²) >= 11 is 0. The summed E-state index contributed by atoms with van der Waals surface area (Å²) in [6, 6.07) is 12.4. The third-order valence-electron chi connectivity index (χ3n) is 5.39. The second-order valence-electron chi connectivity index (χ2n) is 8.02. The number of benzene rings is 2. The van der Waals surface area contributed by atoms with E-state index in [-0.39, 0.29) is 10.8 Å². The molecule has 0 amide bonds. The molecule has 1 unspecified atom stereocenters. The lowest BCUT2D eigenvalue weighted by atomic mass is 9.74. The largest absolute Gasteiger partial charge is 0.508 e. The zero-order chi connectivity index (χ0) is 18.2. The number of ether oxygens (including phenoxy) is 1. The van der Waals surface area contributed by atoms with Gasteiger partial charge in [0.05, 0.1) is 6.26 Å². The zero-order valence-corrected chi connectivity index (χ0v) is 15.9. The maximum Gasteiger partial charge on any atom is 0.126 e. The second kappa shape index (κ2) is 6.25. The quantitative estimate of drug-likeness (QED) is 0.695. The monoisotopic (exact) mass is 336 g/mol. The van der Waals surface area contributed by atoms with Crippen LogP contribution in [0.4, 0.5) is 0 Å². The first-order chi connectivity index (χ1) is 11.8. The molecule has 0 spiro atoms. The lowest BCUT2D eigenvalue weighted by Gasteiger charge is -2.29. The fourth-order valence-corrected chi connectivity index (χ4v) is 4.29. The molecule has 3 rings (SSSR count). The van der Waals surface area contributed by atoms with Crippen LogP contribution < -0.4 is 4.74 Å². The summed E-state index contributed by atoms with van der Waals surface area (Å²) in [5.74, 6) is 1.22. The van der Waals surface area contributed by atoms with Crippen molar-refractivity contribution in [3.63, 3.8) is 0 Å². The van der Waals surface area contributed by atoms with Crippen LogP contribution in [0.5, 0.6) is 11.5 Å². The molecule has 2 heteroatoms. The minimum absolute atomic E-state index is 0.0548. The van der Waals surface area contributed by atoms with E-state index in [0.717, 1.165) is 29.7 Å². The zero-order valence-electron chi connectivity index (χ0n) is 15.9. The van der Waals surface area contributed by atoms with E-state index in [1.807, 2.05) is 25.1 Å². The van der Waals surface area contributed by atoms with Crippen LogP contribution in [0.3, 0.4) is 0 Å². The Morgan fingerprint density at radius 2 is 1.76 bits per heavy atom. The lowest BCUT2D eigenvalue weighted by Crippen LogP contribution is -2.23. The van der Waals surface area contributed by atoms with Crippen molar-refractivity contribution in [2.45, 2.75) is 58.3 Å². The summed E-state index contributed by atoms with van der Waals surface area (Å²) in [5.41, 5.74) is 4.47. The van der Waals surface area contributed by atoms with E-state index in [4.69, 9.17) is 4.74 Å². The first-order valence-corrected chi connectivity index (χ1v) is 9.05. The molecule has 2 nitrogen and oxygen atoms in total. The lowest BCUT2D eigenvalue weighted by molar-refractivity contribution is 0.400. The van der Waals surface area contributed by atoms with Crippen LogP contribution in [0.2, 0.25) is 0 Å². The summed E-state index contributed by atoms with van der Waals surface area (Å²) < 4.78 is 5.78. The molecule has 0 aromatic heterocycles. The van der Waals surface area contributed by atoms with Gasteiger partial charge in [0.2, 0.25) is 0 Å². The van der Waals surface area contributed by atoms with Gasteiger partial charge in [-0.1, -0.05) is 45.9 Å². The Hall–Kier alpha value is -2.22. The summed E-state index contributed by atoms with van der Waals surface area (Å²) in [7, 11) is 0. The molecular weight excluding hydrogens is 308 g/mol. The Morgan fingerprint density at radius 1 is 1.04 bits per heavy atom. The first-order valence-electron chi connectivity index (χ1n) is 9.05. The molecule has 25 heavy (non-hydrogen) atoms. The SMILES string of the molecule is CC/C=C/Oc1ccc2c(c1)C(C)(c1ccc(C)cc1O)CC2(C)C. The van der Waals surface area contributed by atoms with E-state index in [1.54, 1.807) is 6.26 Å². The summed E-state index contributed by atoms with van der Waals surface area (Å²) in [6.07, 6.45) is 5.66. The maximum absolute atomic E-state index is 10.6. The van der Waals surface area contributed by atoms with Crippen LogP contribution in [0.1, 0.15) is 62.8 Å². The first kappa shape index (κ1) is 17.6. The van der Waals surface area contributed by atoms with E-state index in [2.05, 4.69) is 52.0 Å². The van der Waals surface area contributed by atoms with Crippen molar-refractivity contribution in [2.75, 3.05) is 0 Å². The molecule has 0 bridgehead atoms. The molecule has 2 aromatic carbocycles. The molecule has 1 aliphatic rings. The Bertz CT molecular complexity index is 817. The molecule has 1 atom stereocenters. The van der Waals surface area contributed by atoms with Gasteiger partial charge in [0.1, 0.15) is 11.5 Å². The molecule has 2 aromatic rings. The van der Waals surface area contributed by atoms with Crippen LogP contribution in [-0.4, -0.2) is 5.11 Å².